The summed E-state index contributed by atoms with van der Waals surface area (Å²) in [5.74, 6) is 1.75. The van der Waals surface area contributed by atoms with Crippen LogP contribution in [0, 0.1) is 6.92 Å². The Bertz CT molecular complexity index is 861. The molecule has 0 aliphatic carbocycles. The van der Waals surface area contributed by atoms with Gasteiger partial charge in [-0.15, -0.1) is 15.3 Å². The molecule has 3 heterocycles. The molecule has 2 N–H and O–H groups in total. The highest BCUT2D eigenvalue weighted by Gasteiger charge is 2.24. The second-order valence-corrected chi connectivity index (χ2v) is 6.96. The van der Waals surface area contributed by atoms with Gasteiger partial charge in [0, 0.05) is 25.7 Å². The van der Waals surface area contributed by atoms with E-state index in [9.17, 15) is 0 Å². The molecule has 0 amide bonds. The number of benzene rings is 1. The molecule has 1 aromatic carbocycles. The first-order valence-electron chi connectivity index (χ1n) is 9.17. The van der Waals surface area contributed by atoms with Crippen molar-refractivity contribution in [3.63, 3.8) is 0 Å². The lowest BCUT2D eigenvalue weighted by molar-refractivity contribution is 0.502. The summed E-state index contributed by atoms with van der Waals surface area (Å²) >= 11 is 0. The number of hydrazine groups is 1. The molecule has 2 atom stereocenters. The van der Waals surface area contributed by atoms with E-state index in [0.29, 0.717) is 12.1 Å². The SMILES string of the molecule is Cc1nnc2ccc(N(C)CCCC3CC(c4ccccc4)NN3)nn12. The van der Waals surface area contributed by atoms with Crippen LogP contribution in [0.1, 0.15) is 36.7 Å². The van der Waals surface area contributed by atoms with Crippen molar-refractivity contribution in [2.45, 2.75) is 38.3 Å². The Morgan fingerprint density at radius 1 is 1.12 bits per heavy atom. The second-order valence-electron chi connectivity index (χ2n) is 6.96. The van der Waals surface area contributed by atoms with E-state index in [2.05, 4.69) is 68.4 Å². The molecular weight excluding hydrogens is 326 g/mol. The number of nitrogens with one attached hydrogen (secondary N) is 2. The normalized spacial score (nSPS) is 19.9. The van der Waals surface area contributed by atoms with Crippen molar-refractivity contribution < 1.29 is 0 Å². The zero-order valence-corrected chi connectivity index (χ0v) is 15.3. The number of anilines is 1. The molecule has 0 radical (unpaired) electrons. The molecule has 136 valence electrons. The molecule has 2 aromatic heterocycles. The molecule has 3 aromatic rings. The quantitative estimate of drug-likeness (QED) is 0.710. The first-order chi connectivity index (χ1) is 12.7. The van der Waals surface area contributed by atoms with Crippen LogP contribution in [0.2, 0.25) is 0 Å². The highest BCUT2D eigenvalue weighted by atomic mass is 15.4. The molecule has 4 rings (SSSR count). The van der Waals surface area contributed by atoms with Gasteiger partial charge >= 0.3 is 0 Å². The molecular formula is C19H25N7. The van der Waals surface area contributed by atoms with Crippen LogP contribution in [0.15, 0.2) is 42.5 Å². The number of aryl methyl sites for hydroxylation is 1. The van der Waals surface area contributed by atoms with Gasteiger partial charge in [0.25, 0.3) is 0 Å². The predicted molar refractivity (Wildman–Crippen MR) is 102 cm³/mol. The van der Waals surface area contributed by atoms with Crippen LogP contribution in [-0.4, -0.2) is 39.4 Å². The van der Waals surface area contributed by atoms with E-state index < -0.39 is 0 Å². The third kappa shape index (κ3) is 3.54. The zero-order valence-electron chi connectivity index (χ0n) is 15.3. The molecule has 1 saturated heterocycles. The topological polar surface area (TPSA) is 70.4 Å². The third-order valence-corrected chi connectivity index (χ3v) is 5.03. The maximum absolute atomic E-state index is 4.63. The highest BCUT2D eigenvalue weighted by molar-refractivity contribution is 5.45. The van der Waals surface area contributed by atoms with Crippen molar-refractivity contribution in [1.29, 1.82) is 0 Å². The Morgan fingerprint density at radius 3 is 2.81 bits per heavy atom. The van der Waals surface area contributed by atoms with Gasteiger partial charge < -0.3 is 4.90 Å². The number of fused-ring (bicyclic) bond motifs is 1. The average Bonchev–Trinajstić information content (AvgIpc) is 3.29. The molecule has 0 bridgehead atoms. The van der Waals surface area contributed by atoms with Gasteiger partial charge in [-0.2, -0.15) is 4.52 Å². The van der Waals surface area contributed by atoms with Crippen LogP contribution in [-0.2, 0) is 0 Å². The summed E-state index contributed by atoms with van der Waals surface area (Å²) < 4.78 is 1.79. The van der Waals surface area contributed by atoms with Crippen molar-refractivity contribution >= 4 is 11.5 Å². The Kier molecular flexibility index (Phi) is 4.81. The summed E-state index contributed by atoms with van der Waals surface area (Å²) in [7, 11) is 2.08. The Hall–Kier alpha value is -2.51. The summed E-state index contributed by atoms with van der Waals surface area (Å²) in [6.45, 7) is 2.88. The molecule has 1 aliphatic heterocycles. The summed E-state index contributed by atoms with van der Waals surface area (Å²) in [5.41, 5.74) is 9.00. The number of nitrogens with zero attached hydrogens (tertiary/aromatic N) is 5. The minimum absolute atomic E-state index is 0.403. The first-order valence-corrected chi connectivity index (χ1v) is 9.17. The fourth-order valence-corrected chi connectivity index (χ4v) is 3.50. The van der Waals surface area contributed by atoms with Crippen LogP contribution in [0.3, 0.4) is 0 Å². The van der Waals surface area contributed by atoms with Crippen LogP contribution in [0.5, 0.6) is 0 Å². The van der Waals surface area contributed by atoms with Gasteiger partial charge in [0.2, 0.25) is 0 Å². The van der Waals surface area contributed by atoms with Crippen molar-refractivity contribution in [3.8, 4) is 0 Å². The molecule has 7 heteroatoms. The van der Waals surface area contributed by atoms with Crippen LogP contribution < -0.4 is 15.8 Å². The van der Waals surface area contributed by atoms with Gasteiger partial charge in [-0.25, -0.2) is 0 Å². The molecule has 0 spiro atoms. The van der Waals surface area contributed by atoms with Crippen LogP contribution >= 0.6 is 0 Å². The number of aromatic nitrogens is 4. The van der Waals surface area contributed by atoms with Gasteiger partial charge in [0.15, 0.2) is 11.5 Å². The largest absolute Gasteiger partial charge is 0.358 e. The molecule has 2 unspecified atom stereocenters. The van der Waals surface area contributed by atoms with Gasteiger partial charge in [0.05, 0.1) is 0 Å². The third-order valence-electron chi connectivity index (χ3n) is 5.03. The average molecular weight is 351 g/mol. The van der Waals surface area contributed by atoms with Gasteiger partial charge in [-0.05, 0) is 43.9 Å². The van der Waals surface area contributed by atoms with Crippen LogP contribution in [0.4, 0.5) is 5.82 Å². The maximum atomic E-state index is 4.63. The van der Waals surface area contributed by atoms with Crippen molar-refractivity contribution in [2.75, 3.05) is 18.5 Å². The molecule has 0 saturated carbocycles. The van der Waals surface area contributed by atoms with Crippen molar-refractivity contribution in [3.05, 3.63) is 53.9 Å². The Labute approximate surface area is 153 Å². The van der Waals surface area contributed by atoms with E-state index in [-0.39, 0.29) is 0 Å². The zero-order chi connectivity index (χ0) is 17.9. The molecule has 7 nitrogen and oxygen atoms in total. The minimum atomic E-state index is 0.403. The minimum Gasteiger partial charge on any atom is -0.358 e. The molecule has 26 heavy (non-hydrogen) atoms. The van der Waals surface area contributed by atoms with E-state index in [1.807, 2.05) is 19.1 Å². The standard InChI is InChI=1S/C19H25N7/c1-14-20-23-18-10-11-19(24-26(14)18)25(2)12-6-9-16-13-17(22-21-16)15-7-4-3-5-8-15/h3-5,7-8,10-11,16-17,21-22H,6,9,12-13H2,1-2H3. The fraction of sp³-hybridized carbons (Fsp3) is 0.421. The lowest BCUT2D eigenvalue weighted by atomic mass is 10.00. The maximum Gasteiger partial charge on any atom is 0.178 e. The number of rotatable bonds is 6. The van der Waals surface area contributed by atoms with Crippen molar-refractivity contribution in [2.24, 2.45) is 0 Å². The van der Waals surface area contributed by atoms with Crippen molar-refractivity contribution in [1.82, 2.24) is 30.7 Å². The summed E-state index contributed by atoms with van der Waals surface area (Å²) in [6, 6.07) is 15.5. The lowest BCUT2D eigenvalue weighted by Crippen LogP contribution is -2.31. The predicted octanol–water partition coefficient (Wildman–Crippen LogP) is 2.26. The smallest absolute Gasteiger partial charge is 0.178 e. The van der Waals surface area contributed by atoms with E-state index in [4.69, 9.17) is 0 Å². The van der Waals surface area contributed by atoms with E-state index in [1.165, 1.54) is 5.56 Å². The Morgan fingerprint density at radius 2 is 1.96 bits per heavy atom. The van der Waals surface area contributed by atoms with E-state index in [0.717, 1.165) is 43.1 Å². The number of hydrogen-bond donors (Lipinski definition) is 2. The van der Waals surface area contributed by atoms with Gasteiger partial charge in [0.1, 0.15) is 5.82 Å². The molecule has 1 aliphatic rings. The first kappa shape index (κ1) is 16.9. The lowest BCUT2D eigenvalue weighted by Gasteiger charge is -2.19. The summed E-state index contributed by atoms with van der Waals surface area (Å²) in [5, 5.41) is 12.8. The summed E-state index contributed by atoms with van der Waals surface area (Å²) in [4.78, 5) is 2.19. The Balaban J connectivity index is 1.28. The van der Waals surface area contributed by atoms with E-state index >= 15 is 0 Å². The molecule has 1 fully saturated rings. The monoisotopic (exact) mass is 351 g/mol. The fourth-order valence-electron chi connectivity index (χ4n) is 3.50. The van der Waals surface area contributed by atoms with E-state index in [1.54, 1.807) is 4.52 Å². The van der Waals surface area contributed by atoms with Gasteiger partial charge in [-0.1, -0.05) is 30.3 Å². The summed E-state index contributed by atoms with van der Waals surface area (Å²) in [6.07, 6.45) is 3.37. The second kappa shape index (κ2) is 7.39. The van der Waals surface area contributed by atoms with Gasteiger partial charge in [-0.3, -0.25) is 10.9 Å². The number of hydrogen-bond acceptors (Lipinski definition) is 6. The van der Waals surface area contributed by atoms with Crippen LogP contribution in [0.25, 0.3) is 5.65 Å². The highest BCUT2D eigenvalue weighted by Crippen LogP contribution is 2.24.